The Labute approximate surface area is 519 Å². The molecular weight excluding hydrogens is 1070 g/mol. The minimum Gasteiger partial charge on any atom is -0.0622 e. The molecule has 0 saturated heterocycles. The fourth-order valence-corrected chi connectivity index (χ4v) is 15.0. The van der Waals surface area contributed by atoms with Crippen molar-refractivity contribution < 1.29 is 0 Å². The zero-order chi connectivity index (χ0) is 58.8. The van der Waals surface area contributed by atoms with Crippen molar-refractivity contribution in [1.29, 1.82) is 0 Å². The topological polar surface area (TPSA) is 0 Å². The maximum atomic E-state index is 2.42. The maximum Gasteiger partial charge on any atom is 0.0713 e. The number of hydrogen-bond acceptors (Lipinski definition) is 0. The number of hydrogen-bond donors (Lipinski definition) is 0. The van der Waals surface area contributed by atoms with Crippen molar-refractivity contribution in [2.45, 2.75) is 5.41 Å². The highest BCUT2D eigenvalue weighted by atomic mass is 14.5. The van der Waals surface area contributed by atoms with Gasteiger partial charge in [0.1, 0.15) is 0 Å². The zero-order valence-corrected chi connectivity index (χ0v) is 49.0. The first-order chi connectivity index (χ1) is 44.2. The third-order valence-corrected chi connectivity index (χ3v) is 18.9. The van der Waals surface area contributed by atoms with Gasteiger partial charge in [0.2, 0.25) is 0 Å². The number of benzene rings is 16. The smallest absolute Gasteiger partial charge is 0.0622 e. The van der Waals surface area contributed by atoms with Gasteiger partial charge in [-0.1, -0.05) is 315 Å². The molecule has 0 spiro atoms. The first kappa shape index (κ1) is 51.9. The van der Waals surface area contributed by atoms with Gasteiger partial charge in [-0.05, 0) is 202 Å². The Bertz CT molecular complexity index is 4800. The van der Waals surface area contributed by atoms with Gasteiger partial charge in [0.25, 0.3) is 0 Å². The van der Waals surface area contributed by atoms with Crippen molar-refractivity contribution in [3.05, 3.63) is 374 Å². The van der Waals surface area contributed by atoms with Gasteiger partial charge in [-0.3, -0.25) is 0 Å². The van der Waals surface area contributed by atoms with Gasteiger partial charge in [0.15, 0.2) is 0 Å². The second-order valence-electron chi connectivity index (χ2n) is 23.7. The molecule has 0 atom stereocenters. The molecule has 0 heteroatoms. The van der Waals surface area contributed by atoms with E-state index in [1.54, 1.807) is 0 Å². The molecule has 17 rings (SSSR count). The largest absolute Gasteiger partial charge is 0.0713 e. The summed E-state index contributed by atoms with van der Waals surface area (Å²) in [7, 11) is 0. The van der Waals surface area contributed by atoms with Crippen LogP contribution < -0.4 is 0 Å². The Kier molecular flexibility index (Phi) is 12.6. The standard InChI is InChI=1S/C89H58/c1-5-25-59(26-6-1)65-53-66(60-27-7-2-8-28-60)56-69(55-65)87-79-39-17-13-35-75(79)85(76-36-14-18-40-80(76)87)63-45-49-71(50-46-63)89(83-43-23-21-33-73(83)74-34-22-24-44-84(74)89)72-51-47-64(48-52-72)86-77-37-15-19-41-81(77)88(82-42-20-16-38-78(82)86)70-57-67(61-29-9-3-10-30-61)54-68(58-70)62-31-11-4-12-32-62/h1-58H. The molecule has 0 heterocycles. The third kappa shape index (κ3) is 8.59. The quantitative estimate of drug-likeness (QED) is 0.120. The average molecular weight is 1130 g/mol. The van der Waals surface area contributed by atoms with E-state index in [0.29, 0.717) is 0 Å². The van der Waals surface area contributed by atoms with Crippen LogP contribution in [0.5, 0.6) is 0 Å². The minimum absolute atomic E-state index is 0.604. The Hall–Kier alpha value is -11.4. The second-order valence-corrected chi connectivity index (χ2v) is 23.7. The van der Waals surface area contributed by atoms with Crippen LogP contribution in [-0.4, -0.2) is 0 Å². The lowest BCUT2D eigenvalue weighted by atomic mass is 9.67. The summed E-state index contributed by atoms with van der Waals surface area (Å²) in [6.45, 7) is 0. The highest BCUT2D eigenvalue weighted by Crippen LogP contribution is 2.57. The minimum atomic E-state index is -0.604. The van der Waals surface area contributed by atoms with Gasteiger partial charge < -0.3 is 0 Å². The van der Waals surface area contributed by atoms with Crippen LogP contribution in [0.1, 0.15) is 22.3 Å². The van der Waals surface area contributed by atoms with E-state index in [-0.39, 0.29) is 0 Å². The van der Waals surface area contributed by atoms with Gasteiger partial charge in [0, 0.05) is 0 Å². The Morgan fingerprint density at radius 3 is 0.629 bits per heavy atom. The molecule has 0 bridgehead atoms. The molecule has 0 saturated carbocycles. The van der Waals surface area contributed by atoms with Gasteiger partial charge in [0.05, 0.1) is 5.41 Å². The molecule has 0 nitrogen and oxygen atoms in total. The molecule has 0 aromatic heterocycles. The van der Waals surface area contributed by atoms with Gasteiger partial charge >= 0.3 is 0 Å². The van der Waals surface area contributed by atoms with Crippen molar-refractivity contribution >= 4 is 43.1 Å². The van der Waals surface area contributed by atoms with Crippen LogP contribution in [0.3, 0.4) is 0 Å². The normalized spacial score (nSPS) is 12.4. The van der Waals surface area contributed by atoms with Crippen molar-refractivity contribution in [2.24, 2.45) is 0 Å². The van der Waals surface area contributed by atoms with Crippen LogP contribution in [0.15, 0.2) is 352 Å². The Morgan fingerprint density at radius 1 is 0.146 bits per heavy atom. The van der Waals surface area contributed by atoms with Crippen LogP contribution in [0.2, 0.25) is 0 Å². The van der Waals surface area contributed by atoms with Crippen LogP contribution in [0, 0.1) is 0 Å². The molecule has 0 radical (unpaired) electrons. The van der Waals surface area contributed by atoms with E-state index < -0.39 is 5.41 Å². The summed E-state index contributed by atoms with van der Waals surface area (Å²) in [5.41, 5.74) is 26.3. The SMILES string of the molecule is c1ccc(-c2cc(-c3ccccc3)cc(-c3c4ccccc4c(-c4ccc(C5(c6ccc(-c7c8ccccc8c(-c8cc(-c9ccccc9)cc(-c9ccccc9)c8)c8ccccc78)cc6)c6ccccc6-c6ccccc65)cc4)c4ccccc34)c2)cc1. The summed E-state index contributed by atoms with van der Waals surface area (Å²) in [4.78, 5) is 0. The van der Waals surface area contributed by atoms with Crippen LogP contribution in [0.4, 0.5) is 0 Å². The van der Waals surface area contributed by atoms with Crippen molar-refractivity contribution in [1.82, 2.24) is 0 Å². The van der Waals surface area contributed by atoms with Crippen molar-refractivity contribution in [2.75, 3.05) is 0 Å². The lowest BCUT2D eigenvalue weighted by molar-refractivity contribution is 0.769. The number of rotatable bonds is 10. The molecule has 0 N–H and O–H groups in total. The molecule has 414 valence electrons. The highest BCUT2D eigenvalue weighted by molar-refractivity contribution is 6.23. The average Bonchev–Trinajstić information content (AvgIpc) is 1.64. The molecule has 1 aliphatic carbocycles. The summed E-state index contributed by atoms with van der Waals surface area (Å²) in [6.07, 6.45) is 0. The van der Waals surface area contributed by atoms with E-state index in [1.165, 1.54) is 165 Å². The highest BCUT2D eigenvalue weighted by Gasteiger charge is 2.46. The lowest BCUT2D eigenvalue weighted by Gasteiger charge is -2.34. The van der Waals surface area contributed by atoms with E-state index in [2.05, 4.69) is 352 Å². The first-order valence-corrected chi connectivity index (χ1v) is 31.0. The molecular formula is C89H58. The van der Waals surface area contributed by atoms with E-state index in [9.17, 15) is 0 Å². The number of fused-ring (bicyclic) bond motifs is 7. The first-order valence-electron chi connectivity index (χ1n) is 31.0. The summed E-state index contributed by atoms with van der Waals surface area (Å²) in [5.74, 6) is 0. The molecule has 16 aromatic rings. The van der Waals surface area contributed by atoms with Crippen LogP contribution >= 0.6 is 0 Å². The van der Waals surface area contributed by atoms with E-state index in [1.807, 2.05) is 0 Å². The van der Waals surface area contributed by atoms with E-state index in [0.717, 1.165) is 0 Å². The third-order valence-electron chi connectivity index (χ3n) is 18.9. The predicted octanol–water partition coefficient (Wildman–Crippen LogP) is 24.0. The Balaban J connectivity index is 0.824. The summed E-state index contributed by atoms with van der Waals surface area (Å²) < 4.78 is 0. The second kappa shape index (κ2) is 21.5. The van der Waals surface area contributed by atoms with E-state index >= 15 is 0 Å². The molecule has 0 amide bonds. The van der Waals surface area contributed by atoms with Gasteiger partial charge in [-0.2, -0.15) is 0 Å². The summed E-state index contributed by atoms with van der Waals surface area (Å²) in [6, 6.07) is 131. The molecule has 0 aliphatic heterocycles. The van der Waals surface area contributed by atoms with Gasteiger partial charge in [-0.15, -0.1) is 0 Å². The van der Waals surface area contributed by atoms with Gasteiger partial charge in [-0.25, -0.2) is 0 Å². The van der Waals surface area contributed by atoms with Crippen molar-refractivity contribution in [3.63, 3.8) is 0 Å². The maximum absolute atomic E-state index is 2.42. The summed E-state index contributed by atoms with van der Waals surface area (Å²) >= 11 is 0. The van der Waals surface area contributed by atoms with Crippen molar-refractivity contribution in [3.8, 4) is 100 Å². The predicted molar refractivity (Wildman–Crippen MR) is 377 cm³/mol. The molecule has 0 fully saturated rings. The molecule has 16 aromatic carbocycles. The Morgan fingerprint density at radius 2 is 0.360 bits per heavy atom. The van der Waals surface area contributed by atoms with E-state index in [4.69, 9.17) is 0 Å². The summed E-state index contributed by atoms with van der Waals surface area (Å²) in [5, 5.41) is 9.84. The fraction of sp³-hybridized carbons (Fsp3) is 0.0112. The molecule has 89 heavy (non-hydrogen) atoms. The van der Waals surface area contributed by atoms with Crippen LogP contribution in [-0.2, 0) is 5.41 Å². The zero-order valence-electron chi connectivity index (χ0n) is 49.0. The molecule has 0 unspecified atom stereocenters. The lowest BCUT2D eigenvalue weighted by Crippen LogP contribution is -2.28. The molecule has 1 aliphatic rings. The fourth-order valence-electron chi connectivity index (χ4n) is 15.0. The van der Waals surface area contributed by atoms with Crippen LogP contribution in [0.25, 0.3) is 143 Å². The monoisotopic (exact) mass is 1130 g/mol.